The van der Waals surface area contributed by atoms with Crippen molar-refractivity contribution in [1.29, 1.82) is 0 Å². The van der Waals surface area contributed by atoms with E-state index in [0.717, 1.165) is 32.2 Å². The van der Waals surface area contributed by atoms with Crippen molar-refractivity contribution in [2.75, 3.05) is 33.3 Å². The van der Waals surface area contributed by atoms with Gasteiger partial charge in [0.2, 0.25) is 5.91 Å². The molecule has 1 saturated heterocycles. The number of likely N-dealkylation sites (tertiary alicyclic amines) is 1. The van der Waals surface area contributed by atoms with Gasteiger partial charge >= 0.3 is 5.97 Å². The summed E-state index contributed by atoms with van der Waals surface area (Å²) in [5.41, 5.74) is 0. The SMILES string of the molecule is CCOC(=O)[C@H]1CCCN(CC(=O)N(C)C2CC2)C1. The minimum atomic E-state index is -0.116. The molecule has 1 aliphatic heterocycles. The zero-order chi connectivity index (χ0) is 13.8. The predicted molar refractivity (Wildman–Crippen MR) is 71.6 cm³/mol. The molecule has 0 spiro atoms. The monoisotopic (exact) mass is 268 g/mol. The number of likely N-dealkylation sites (N-methyl/N-ethyl adjacent to an activating group) is 1. The second-order valence-electron chi connectivity index (χ2n) is 5.56. The summed E-state index contributed by atoms with van der Waals surface area (Å²) in [6, 6.07) is 0.457. The van der Waals surface area contributed by atoms with Crippen LogP contribution in [-0.2, 0) is 14.3 Å². The highest BCUT2D eigenvalue weighted by molar-refractivity contribution is 5.79. The number of ether oxygens (including phenoxy) is 1. The van der Waals surface area contributed by atoms with Crippen LogP contribution in [0.5, 0.6) is 0 Å². The van der Waals surface area contributed by atoms with Crippen LogP contribution >= 0.6 is 0 Å². The van der Waals surface area contributed by atoms with E-state index in [1.807, 2.05) is 18.9 Å². The topological polar surface area (TPSA) is 49.9 Å². The Morgan fingerprint density at radius 3 is 2.68 bits per heavy atom. The van der Waals surface area contributed by atoms with Gasteiger partial charge in [0.1, 0.15) is 0 Å². The molecule has 2 rings (SSSR count). The molecular formula is C14H24N2O3. The molecule has 19 heavy (non-hydrogen) atoms. The van der Waals surface area contributed by atoms with Crippen LogP contribution < -0.4 is 0 Å². The fourth-order valence-corrected chi connectivity index (χ4v) is 2.62. The van der Waals surface area contributed by atoms with Crippen LogP contribution in [-0.4, -0.2) is 61.0 Å². The van der Waals surface area contributed by atoms with Gasteiger partial charge in [0.05, 0.1) is 19.1 Å². The molecule has 0 unspecified atom stereocenters. The Balaban J connectivity index is 1.80. The molecule has 0 bridgehead atoms. The molecule has 0 aromatic rings. The second kappa shape index (κ2) is 6.37. The first-order valence-electron chi connectivity index (χ1n) is 7.26. The Kier molecular flexibility index (Phi) is 4.80. The summed E-state index contributed by atoms with van der Waals surface area (Å²) in [5.74, 6) is -0.00469. The summed E-state index contributed by atoms with van der Waals surface area (Å²) in [7, 11) is 1.88. The quantitative estimate of drug-likeness (QED) is 0.695. The Morgan fingerprint density at radius 1 is 1.32 bits per heavy atom. The molecule has 2 fully saturated rings. The maximum atomic E-state index is 12.1. The number of piperidine rings is 1. The molecule has 108 valence electrons. The minimum Gasteiger partial charge on any atom is -0.466 e. The van der Waals surface area contributed by atoms with Gasteiger partial charge in [0.25, 0.3) is 0 Å². The van der Waals surface area contributed by atoms with Gasteiger partial charge in [-0.1, -0.05) is 0 Å². The first-order chi connectivity index (χ1) is 9.11. The third-order valence-corrected chi connectivity index (χ3v) is 3.97. The predicted octanol–water partition coefficient (Wildman–Crippen LogP) is 0.882. The van der Waals surface area contributed by atoms with Gasteiger partial charge in [0, 0.05) is 19.6 Å². The Bertz CT molecular complexity index is 342. The summed E-state index contributed by atoms with van der Waals surface area (Å²) in [6.07, 6.45) is 4.10. The van der Waals surface area contributed by atoms with Gasteiger partial charge in [-0.25, -0.2) is 0 Å². The molecule has 2 aliphatic rings. The van der Waals surface area contributed by atoms with Crippen LogP contribution in [0.3, 0.4) is 0 Å². The molecule has 0 radical (unpaired) electrons. The van der Waals surface area contributed by atoms with Crippen molar-refractivity contribution >= 4 is 11.9 Å². The number of esters is 1. The molecule has 0 aromatic carbocycles. The standard InChI is InChI=1S/C14H24N2O3/c1-3-19-14(18)11-5-4-8-16(9-11)10-13(17)15(2)12-6-7-12/h11-12H,3-10H2,1-2H3/t11-/m0/s1. The van der Waals surface area contributed by atoms with Gasteiger partial charge in [-0.3, -0.25) is 14.5 Å². The van der Waals surface area contributed by atoms with E-state index in [2.05, 4.69) is 4.90 Å². The van der Waals surface area contributed by atoms with E-state index in [1.54, 1.807) is 0 Å². The van der Waals surface area contributed by atoms with Gasteiger partial charge in [-0.2, -0.15) is 0 Å². The van der Waals surface area contributed by atoms with Crippen molar-refractivity contribution < 1.29 is 14.3 Å². The van der Waals surface area contributed by atoms with Crippen LogP contribution in [0.4, 0.5) is 0 Å². The normalized spacial score (nSPS) is 24.0. The van der Waals surface area contributed by atoms with E-state index in [4.69, 9.17) is 4.74 Å². The van der Waals surface area contributed by atoms with Crippen molar-refractivity contribution in [3.63, 3.8) is 0 Å². The summed E-state index contributed by atoms with van der Waals surface area (Å²) >= 11 is 0. The van der Waals surface area contributed by atoms with Crippen molar-refractivity contribution in [1.82, 2.24) is 9.80 Å². The molecule has 1 saturated carbocycles. The lowest BCUT2D eigenvalue weighted by Crippen LogP contribution is -2.45. The van der Waals surface area contributed by atoms with E-state index in [-0.39, 0.29) is 17.8 Å². The van der Waals surface area contributed by atoms with Crippen LogP contribution in [0.15, 0.2) is 0 Å². The highest BCUT2D eigenvalue weighted by atomic mass is 16.5. The first-order valence-corrected chi connectivity index (χ1v) is 7.26. The third-order valence-electron chi connectivity index (χ3n) is 3.97. The Labute approximate surface area is 114 Å². The molecule has 1 amide bonds. The van der Waals surface area contributed by atoms with Gasteiger partial charge in [-0.15, -0.1) is 0 Å². The molecule has 1 heterocycles. The van der Waals surface area contributed by atoms with Crippen LogP contribution in [0.1, 0.15) is 32.6 Å². The fourth-order valence-electron chi connectivity index (χ4n) is 2.62. The highest BCUT2D eigenvalue weighted by Crippen LogP contribution is 2.25. The lowest BCUT2D eigenvalue weighted by molar-refractivity contribution is -0.150. The Hall–Kier alpha value is -1.10. The maximum absolute atomic E-state index is 12.1. The van der Waals surface area contributed by atoms with E-state index in [9.17, 15) is 9.59 Å². The van der Waals surface area contributed by atoms with E-state index < -0.39 is 0 Å². The second-order valence-corrected chi connectivity index (χ2v) is 5.56. The molecule has 0 N–H and O–H groups in total. The van der Waals surface area contributed by atoms with Crippen molar-refractivity contribution in [2.24, 2.45) is 5.92 Å². The van der Waals surface area contributed by atoms with Crippen molar-refractivity contribution in [3.8, 4) is 0 Å². The average Bonchev–Trinajstić information content (AvgIpc) is 3.22. The number of carbonyl (C=O) groups is 2. The molecule has 5 nitrogen and oxygen atoms in total. The number of nitrogens with zero attached hydrogens (tertiary/aromatic N) is 2. The van der Waals surface area contributed by atoms with Gasteiger partial charge < -0.3 is 9.64 Å². The smallest absolute Gasteiger partial charge is 0.310 e. The Morgan fingerprint density at radius 2 is 2.05 bits per heavy atom. The average molecular weight is 268 g/mol. The molecule has 5 heteroatoms. The summed E-state index contributed by atoms with van der Waals surface area (Å²) < 4.78 is 5.07. The lowest BCUT2D eigenvalue weighted by Gasteiger charge is -2.32. The summed E-state index contributed by atoms with van der Waals surface area (Å²) in [5, 5.41) is 0. The van der Waals surface area contributed by atoms with E-state index in [0.29, 0.717) is 25.7 Å². The van der Waals surface area contributed by atoms with Gasteiger partial charge in [-0.05, 0) is 39.2 Å². The zero-order valence-corrected chi connectivity index (χ0v) is 11.9. The minimum absolute atomic E-state index is 0.0623. The van der Waals surface area contributed by atoms with Crippen LogP contribution in [0.25, 0.3) is 0 Å². The number of hydrogen-bond donors (Lipinski definition) is 0. The maximum Gasteiger partial charge on any atom is 0.310 e. The number of rotatable bonds is 5. The van der Waals surface area contributed by atoms with Gasteiger partial charge in [0.15, 0.2) is 0 Å². The summed E-state index contributed by atoms with van der Waals surface area (Å²) in [6.45, 7) is 4.25. The van der Waals surface area contributed by atoms with Crippen LogP contribution in [0.2, 0.25) is 0 Å². The lowest BCUT2D eigenvalue weighted by atomic mass is 9.98. The highest BCUT2D eigenvalue weighted by Gasteiger charge is 2.32. The summed E-state index contributed by atoms with van der Waals surface area (Å²) in [4.78, 5) is 27.7. The molecule has 0 aromatic heterocycles. The van der Waals surface area contributed by atoms with Crippen molar-refractivity contribution in [2.45, 2.75) is 38.6 Å². The number of amides is 1. The first kappa shape index (κ1) is 14.3. The zero-order valence-electron chi connectivity index (χ0n) is 11.9. The third kappa shape index (κ3) is 3.93. The largest absolute Gasteiger partial charge is 0.466 e. The molecule has 1 aliphatic carbocycles. The van der Waals surface area contributed by atoms with E-state index >= 15 is 0 Å². The fraction of sp³-hybridized carbons (Fsp3) is 0.857. The number of hydrogen-bond acceptors (Lipinski definition) is 4. The number of carbonyl (C=O) groups excluding carboxylic acids is 2. The van der Waals surface area contributed by atoms with Crippen LogP contribution in [0, 0.1) is 5.92 Å². The van der Waals surface area contributed by atoms with E-state index in [1.165, 1.54) is 0 Å². The molecular weight excluding hydrogens is 244 g/mol. The van der Waals surface area contributed by atoms with Crippen molar-refractivity contribution in [3.05, 3.63) is 0 Å². The molecule has 1 atom stereocenters.